The molecule has 0 radical (unpaired) electrons. The van der Waals surface area contributed by atoms with Gasteiger partial charge in [-0.25, -0.2) is 0 Å². The Balaban J connectivity index is 1.82. The lowest BCUT2D eigenvalue weighted by atomic mass is 10.2. The number of hydrogen-bond acceptors (Lipinski definition) is 4. The first-order chi connectivity index (χ1) is 14.6. The summed E-state index contributed by atoms with van der Waals surface area (Å²) >= 11 is 0. The van der Waals surface area contributed by atoms with E-state index in [1.54, 1.807) is 30.3 Å². The number of rotatable bonds is 6. The molecule has 8 nitrogen and oxygen atoms in total. The molecule has 0 saturated carbocycles. The third-order valence-corrected chi connectivity index (χ3v) is 4.55. The molecule has 2 amide bonds. The van der Waals surface area contributed by atoms with Gasteiger partial charge >= 0.3 is 6.18 Å². The predicted octanol–water partition coefficient (Wildman–Crippen LogP) is 3.88. The van der Waals surface area contributed by atoms with Crippen molar-refractivity contribution in [2.45, 2.75) is 39.5 Å². The van der Waals surface area contributed by atoms with Crippen LogP contribution in [0, 0.1) is 6.92 Å². The Hall–Kier alpha value is -3.63. The average molecular weight is 434 g/mol. The molecule has 0 aliphatic heterocycles. The van der Waals surface area contributed by atoms with Gasteiger partial charge in [-0.3, -0.25) is 19.0 Å². The molecular formula is C20H21F3N6O2. The van der Waals surface area contributed by atoms with Crippen molar-refractivity contribution in [3.63, 3.8) is 0 Å². The van der Waals surface area contributed by atoms with Crippen molar-refractivity contribution >= 4 is 23.2 Å². The molecule has 2 aromatic heterocycles. The highest BCUT2D eigenvalue weighted by Gasteiger charge is 2.35. The van der Waals surface area contributed by atoms with Crippen LogP contribution in [0.4, 0.5) is 24.5 Å². The summed E-state index contributed by atoms with van der Waals surface area (Å²) in [6, 6.07) is 8.54. The van der Waals surface area contributed by atoms with E-state index in [-0.39, 0.29) is 17.1 Å². The van der Waals surface area contributed by atoms with Crippen LogP contribution >= 0.6 is 0 Å². The maximum absolute atomic E-state index is 12.9. The lowest BCUT2D eigenvalue weighted by molar-refractivity contribution is -0.141. The predicted molar refractivity (Wildman–Crippen MR) is 108 cm³/mol. The Morgan fingerprint density at radius 3 is 2.39 bits per heavy atom. The van der Waals surface area contributed by atoms with E-state index in [0.717, 1.165) is 10.7 Å². The summed E-state index contributed by atoms with van der Waals surface area (Å²) in [6.45, 7) is 5.11. The molecule has 3 rings (SSSR count). The molecule has 0 aliphatic carbocycles. The highest BCUT2D eigenvalue weighted by atomic mass is 19.4. The van der Waals surface area contributed by atoms with Gasteiger partial charge in [0.1, 0.15) is 6.04 Å². The molecule has 3 aromatic rings. The van der Waals surface area contributed by atoms with Gasteiger partial charge < -0.3 is 10.6 Å². The average Bonchev–Trinajstić information content (AvgIpc) is 3.31. The number of nitrogens with one attached hydrogen (secondary N) is 2. The third kappa shape index (κ3) is 4.93. The summed E-state index contributed by atoms with van der Waals surface area (Å²) in [5.41, 5.74) is -0.212. The molecule has 2 heterocycles. The standard InChI is InChI=1S/C20H21F3N6O2/c1-4-28-11-15(17(27-28)19(31)24-14-8-6-5-7-9-14)25-18(30)13(3)29-12(2)10-16(26-29)20(21,22)23/h5-11,13H,4H2,1-3H3,(H,24,31)(H,25,30). The Labute approximate surface area is 176 Å². The number of halogens is 3. The Bertz CT molecular complexity index is 1090. The van der Waals surface area contributed by atoms with Gasteiger partial charge in [-0.05, 0) is 39.0 Å². The quantitative estimate of drug-likeness (QED) is 0.616. The zero-order valence-corrected chi connectivity index (χ0v) is 17.1. The van der Waals surface area contributed by atoms with Crippen LogP contribution in [0.1, 0.15) is 41.8 Å². The number of para-hydroxylation sites is 1. The van der Waals surface area contributed by atoms with Gasteiger partial charge in [0, 0.05) is 24.1 Å². The summed E-state index contributed by atoms with van der Waals surface area (Å²) in [6.07, 6.45) is -3.13. The van der Waals surface area contributed by atoms with E-state index in [1.165, 1.54) is 24.7 Å². The smallest absolute Gasteiger partial charge is 0.321 e. The van der Waals surface area contributed by atoms with E-state index in [4.69, 9.17) is 0 Å². The van der Waals surface area contributed by atoms with Crippen LogP contribution in [0.15, 0.2) is 42.6 Å². The molecule has 0 spiro atoms. The largest absolute Gasteiger partial charge is 0.435 e. The molecule has 0 bridgehead atoms. The first kappa shape index (κ1) is 22.1. The number of anilines is 2. The minimum atomic E-state index is -4.61. The van der Waals surface area contributed by atoms with Crippen LogP contribution in [-0.4, -0.2) is 31.4 Å². The van der Waals surface area contributed by atoms with Gasteiger partial charge in [0.15, 0.2) is 11.4 Å². The first-order valence-electron chi connectivity index (χ1n) is 9.48. The maximum Gasteiger partial charge on any atom is 0.435 e. The SMILES string of the molecule is CCn1cc(NC(=O)C(C)n2nc(C(F)(F)F)cc2C)c(C(=O)Nc2ccccc2)n1. The minimum Gasteiger partial charge on any atom is -0.321 e. The molecule has 0 saturated heterocycles. The molecule has 1 atom stereocenters. The Morgan fingerprint density at radius 2 is 1.81 bits per heavy atom. The molecule has 1 unspecified atom stereocenters. The first-order valence-corrected chi connectivity index (χ1v) is 9.48. The van der Waals surface area contributed by atoms with E-state index >= 15 is 0 Å². The highest BCUT2D eigenvalue weighted by Crippen LogP contribution is 2.29. The molecule has 11 heteroatoms. The number of nitrogens with zero attached hydrogens (tertiary/aromatic N) is 4. The fourth-order valence-corrected chi connectivity index (χ4v) is 2.92. The summed E-state index contributed by atoms with van der Waals surface area (Å²) < 4.78 is 41.2. The minimum absolute atomic E-state index is 0.0144. The molecule has 1 aromatic carbocycles. The normalized spacial score (nSPS) is 12.5. The van der Waals surface area contributed by atoms with Crippen molar-refractivity contribution in [1.82, 2.24) is 19.6 Å². The fraction of sp³-hybridized carbons (Fsp3) is 0.300. The molecular weight excluding hydrogens is 413 g/mol. The number of carbonyl (C=O) groups excluding carboxylic acids is 2. The number of hydrogen-bond donors (Lipinski definition) is 2. The number of aryl methyl sites for hydroxylation is 2. The van der Waals surface area contributed by atoms with Gasteiger partial charge in [0.2, 0.25) is 5.91 Å². The maximum atomic E-state index is 12.9. The highest BCUT2D eigenvalue weighted by molar-refractivity contribution is 6.09. The molecule has 164 valence electrons. The molecule has 2 N–H and O–H groups in total. The summed E-state index contributed by atoms with van der Waals surface area (Å²) in [5.74, 6) is -1.17. The number of alkyl halides is 3. The Morgan fingerprint density at radius 1 is 1.13 bits per heavy atom. The summed E-state index contributed by atoms with van der Waals surface area (Å²) in [4.78, 5) is 25.4. The third-order valence-electron chi connectivity index (χ3n) is 4.55. The summed E-state index contributed by atoms with van der Waals surface area (Å²) in [5, 5.41) is 13.0. The van der Waals surface area contributed by atoms with Gasteiger partial charge in [0.25, 0.3) is 5.91 Å². The summed E-state index contributed by atoms with van der Waals surface area (Å²) in [7, 11) is 0. The van der Waals surface area contributed by atoms with Crippen LogP contribution < -0.4 is 10.6 Å². The van der Waals surface area contributed by atoms with Crippen molar-refractivity contribution in [3.05, 3.63) is 59.7 Å². The van der Waals surface area contributed by atoms with E-state index < -0.39 is 29.7 Å². The number of carbonyl (C=O) groups is 2. The van der Waals surface area contributed by atoms with Gasteiger partial charge in [-0.15, -0.1) is 0 Å². The van der Waals surface area contributed by atoms with Gasteiger partial charge in [-0.1, -0.05) is 18.2 Å². The topological polar surface area (TPSA) is 93.8 Å². The van der Waals surface area contributed by atoms with Crippen LogP contribution in [0.5, 0.6) is 0 Å². The van der Waals surface area contributed by atoms with E-state index in [1.807, 2.05) is 6.92 Å². The second kappa shape index (κ2) is 8.62. The molecule has 0 fully saturated rings. The van der Waals surface area contributed by atoms with Crippen molar-refractivity contribution < 1.29 is 22.8 Å². The zero-order valence-electron chi connectivity index (χ0n) is 17.1. The van der Waals surface area contributed by atoms with Crippen molar-refractivity contribution in [1.29, 1.82) is 0 Å². The van der Waals surface area contributed by atoms with Crippen molar-refractivity contribution in [2.75, 3.05) is 10.6 Å². The van der Waals surface area contributed by atoms with Crippen LogP contribution in [0.2, 0.25) is 0 Å². The lowest BCUT2D eigenvalue weighted by Crippen LogP contribution is -2.26. The van der Waals surface area contributed by atoms with E-state index in [2.05, 4.69) is 20.8 Å². The van der Waals surface area contributed by atoms with E-state index in [0.29, 0.717) is 12.2 Å². The van der Waals surface area contributed by atoms with Gasteiger partial charge in [0.05, 0.1) is 5.69 Å². The van der Waals surface area contributed by atoms with Crippen molar-refractivity contribution in [2.24, 2.45) is 0 Å². The Kier molecular flexibility index (Phi) is 6.14. The fourth-order valence-electron chi connectivity index (χ4n) is 2.92. The second-order valence-corrected chi connectivity index (χ2v) is 6.85. The van der Waals surface area contributed by atoms with Crippen LogP contribution in [0.25, 0.3) is 0 Å². The molecule has 31 heavy (non-hydrogen) atoms. The number of benzene rings is 1. The number of aromatic nitrogens is 4. The van der Waals surface area contributed by atoms with E-state index in [9.17, 15) is 22.8 Å². The number of amides is 2. The van der Waals surface area contributed by atoms with Crippen molar-refractivity contribution in [3.8, 4) is 0 Å². The van der Waals surface area contributed by atoms with Gasteiger partial charge in [-0.2, -0.15) is 23.4 Å². The monoisotopic (exact) mass is 434 g/mol. The second-order valence-electron chi connectivity index (χ2n) is 6.85. The van der Waals surface area contributed by atoms with Crippen LogP contribution in [-0.2, 0) is 17.5 Å². The van der Waals surface area contributed by atoms with Crippen LogP contribution in [0.3, 0.4) is 0 Å². The zero-order chi connectivity index (χ0) is 22.8. The lowest BCUT2D eigenvalue weighted by Gasteiger charge is -2.14. The molecule has 0 aliphatic rings.